The summed E-state index contributed by atoms with van der Waals surface area (Å²) in [7, 11) is 0. The van der Waals surface area contributed by atoms with E-state index in [0.717, 1.165) is 11.3 Å². The zero-order chi connectivity index (χ0) is 16.1. The number of carbonyl (C=O) groups is 1. The standard InChI is InChI=1S/C17H21N3O3/c1-2-22-13-17(21)19-8-9-20-15(11-19)10-16(18-20)23-12-14-6-4-3-5-7-14/h3-7,10H,2,8-9,11-13H2,1H3. The molecule has 1 aliphatic rings. The van der Waals surface area contributed by atoms with Crippen LogP contribution in [-0.4, -0.2) is 40.3 Å². The zero-order valence-electron chi connectivity index (χ0n) is 13.3. The topological polar surface area (TPSA) is 56.6 Å². The van der Waals surface area contributed by atoms with Crippen LogP contribution in [0.15, 0.2) is 36.4 Å². The molecule has 0 N–H and O–H groups in total. The van der Waals surface area contributed by atoms with Gasteiger partial charge in [0.2, 0.25) is 11.8 Å². The van der Waals surface area contributed by atoms with E-state index >= 15 is 0 Å². The van der Waals surface area contributed by atoms with Crippen molar-refractivity contribution in [3.8, 4) is 5.88 Å². The molecule has 0 radical (unpaired) electrons. The molecule has 1 aromatic heterocycles. The predicted octanol–water partition coefficient (Wildman–Crippen LogP) is 1.84. The summed E-state index contributed by atoms with van der Waals surface area (Å²) in [5, 5.41) is 4.45. The Labute approximate surface area is 135 Å². The molecule has 6 heteroatoms. The average Bonchev–Trinajstić information content (AvgIpc) is 3.00. The fourth-order valence-electron chi connectivity index (χ4n) is 2.54. The molecular weight excluding hydrogens is 294 g/mol. The van der Waals surface area contributed by atoms with Crippen molar-refractivity contribution >= 4 is 5.91 Å². The van der Waals surface area contributed by atoms with Gasteiger partial charge in [0.25, 0.3) is 0 Å². The smallest absolute Gasteiger partial charge is 0.248 e. The third kappa shape index (κ3) is 3.90. The molecule has 122 valence electrons. The normalized spacial score (nSPS) is 13.7. The van der Waals surface area contributed by atoms with Gasteiger partial charge in [0.15, 0.2) is 0 Å². The Morgan fingerprint density at radius 3 is 2.87 bits per heavy atom. The third-order valence-corrected chi connectivity index (χ3v) is 3.79. The van der Waals surface area contributed by atoms with Crippen molar-refractivity contribution in [3.63, 3.8) is 0 Å². The molecule has 0 aliphatic carbocycles. The Balaban J connectivity index is 1.59. The molecule has 0 unspecified atom stereocenters. The van der Waals surface area contributed by atoms with Gasteiger partial charge in [0.1, 0.15) is 13.2 Å². The van der Waals surface area contributed by atoms with Gasteiger partial charge in [0.05, 0.1) is 18.8 Å². The molecule has 0 spiro atoms. The maximum atomic E-state index is 12.0. The Morgan fingerprint density at radius 2 is 2.09 bits per heavy atom. The minimum Gasteiger partial charge on any atom is -0.472 e. The molecule has 3 rings (SSSR count). The highest BCUT2D eigenvalue weighted by Crippen LogP contribution is 2.19. The lowest BCUT2D eigenvalue weighted by atomic mass is 10.2. The van der Waals surface area contributed by atoms with Gasteiger partial charge >= 0.3 is 0 Å². The Morgan fingerprint density at radius 1 is 1.26 bits per heavy atom. The molecule has 1 aliphatic heterocycles. The van der Waals surface area contributed by atoms with E-state index in [1.165, 1.54) is 0 Å². The van der Waals surface area contributed by atoms with Gasteiger partial charge in [-0.05, 0) is 12.5 Å². The van der Waals surface area contributed by atoms with Crippen LogP contribution < -0.4 is 4.74 Å². The van der Waals surface area contributed by atoms with Crippen LogP contribution in [0.3, 0.4) is 0 Å². The van der Waals surface area contributed by atoms with E-state index in [-0.39, 0.29) is 12.5 Å². The summed E-state index contributed by atoms with van der Waals surface area (Å²) in [6.07, 6.45) is 0. The molecule has 0 fully saturated rings. The second-order valence-corrected chi connectivity index (χ2v) is 5.42. The third-order valence-electron chi connectivity index (χ3n) is 3.79. The van der Waals surface area contributed by atoms with E-state index < -0.39 is 0 Å². The summed E-state index contributed by atoms with van der Waals surface area (Å²) in [5.41, 5.74) is 2.09. The molecule has 1 aromatic carbocycles. The number of ether oxygens (including phenoxy) is 2. The van der Waals surface area contributed by atoms with Crippen molar-refractivity contribution in [2.24, 2.45) is 0 Å². The van der Waals surface area contributed by atoms with Gasteiger partial charge in [-0.1, -0.05) is 30.3 Å². The van der Waals surface area contributed by atoms with Crippen LogP contribution in [0.25, 0.3) is 0 Å². The molecule has 0 saturated carbocycles. The van der Waals surface area contributed by atoms with Crippen molar-refractivity contribution in [1.82, 2.24) is 14.7 Å². The van der Waals surface area contributed by atoms with Gasteiger partial charge in [0, 0.05) is 19.2 Å². The fraction of sp³-hybridized carbons (Fsp3) is 0.412. The van der Waals surface area contributed by atoms with Crippen molar-refractivity contribution in [1.29, 1.82) is 0 Å². The van der Waals surface area contributed by atoms with Crippen molar-refractivity contribution in [3.05, 3.63) is 47.7 Å². The van der Waals surface area contributed by atoms with Crippen LogP contribution in [0.5, 0.6) is 5.88 Å². The summed E-state index contributed by atoms with van der Waals surface area (Å²) >= 11 is 0. The minimum absolute atomic E-state index is 0.0195. The fourth-order valence-corrected chi connectivity index (χ4v) is 2.54. The van der Waals surface area contributed by atoms with Crippen molar-refractivity contribution < 1.29 is 14.3 Å². The van der Waals surface area contributed by atoms with Gasteiger partial charge in [-0.3, -0.25) is 9.48 Å². The van der Waals surface area contributed by atoms with Crippen LogP contribution >= 0.6 is 0 Å². The largest absolute Gasteiger partial charge is 0.472 e. The van der Waals surface area contributed by atoms with E-state index in [4.69, 9.17) is 9.47 Å². The zero-order valence-corrected chi connectivity index (χ0v) is 13.3. The average molecular weight is 315 g/mol. The summed E-state index contributed by atoms with van der Waals surface area (Å²) in [6, 6.07) is 11.9. The maximum absolute atomic E-state index is 12.0. The van der Waals surface area contributed by atoms with E-state index in [9.17, 15) is 4.79 Å². The second-order valence-electron chi connectivity index (χ2n) is 5.42. The van der Waals surface area contributed by atoms with Gasteiger partial charge in [-0.2, -0.15) is 0 Å². The van der Waals surface area contributed by atoms with Crippen molar-refractivity contribution in [2.45, 2.75) is 26.6 Å². The summed E-state index contributed by atoms with van der Waals surface area (Å²) in [6.45, 7) is 4.95. The van der Waals surface area contributed by atoms with Gasteiger partial charge < -0.3 is 14.4 Å². The van der Waals surface area contributed by atoms with Gasteiger partial charge in [-0.25, -0.2) is 0 Å². The molecule has 1 amide bonds. The number of aromatic nitrogens is 2. The first-order chi connectivity index (χ1) is 11.3. The SMILES string of the molecule is CCOCC(=O)N1CCn2nc(OCc3ccccc3)cc2C1. The molecule has 0 atom stereocenters. The van der Waals surface area contributed by atoms with E-state index in [1.807, 2.05) is 48.0 Å². The van der Waals surface area contributed by atoms with E-state index in [1.54, 1.807) is 4.90 Å². The monoisotopic (exact) mass is 315 g/mol. The lowest BCUT2D eigenvalue weighted by Gasteiger charge is -2.27. The van der Waals surface area contributed by atoms with Crippen LogP contribution in [0, 0.1) is 0 Å². The second kappa shape index (κ2) is 7.28. The highest BCUT2D eigenvalue weighted by Gasteiger charge is 2.22. The molecule has 23 heavy (non-hydrogen) atoms. The number of hydrogen-bond donors (Lipinski definition) is 0. The summed E-state index contributed by atoms with van der Waals surface area (Å²) in [5.74, 6) is 0.619. The number of hydrogen-bond acceptors (Lipinski definition) is 4. The number of nitrogens with zero attached hydrogens (tertiary/aromatic N) is 3. The number of amides is 1. The number of fused-ring (bicyclic) bond motifs is 1. The van der Waals surface area contributed by atoms with Crippen molar-refractivity contribution in [2.75, 3.05) is 19.8 Å². The van der Waals surface area contributed by atoms with Crippen LogP contribution in [0.1, 0.15) is 18.2 Å². The first kappa shape index (κ1) is 15.6. The highest BCUT2D eigenvalue weighted by molar-refractivity contribution is 5.77. The van der Waals surface area contributed by atoms with E-state index in [2.05, 4.69) is 5.10 Å². The maximum Gasteiger partial charge on any atom is 0.248 e. The minimum atomic E-state index is 0.0195. The molecular formula is C17H21N3O3. The molecule has 2 aromatic rings. The van der Waals surface area contributed by atoms with E-state index in [0.29, 0.717) is 38.7 Å². The first-order valence-electron chi connectivity index (χ1n) is 7.85. The molecule has 0 bridgehead atoms. The van der Waals surface area contributed by atoms with Crippen LogP contribution in [0.4, 0.5) is 0 Å². The lowest BCUT2D eigenvalue weighted by molar-refractivity contribution is -0.137. The molecule has 6 nitrogen and oxygen atoms in total. The Bertz CT molecular complexity index is 654. The quantitative estimate of drug-likeness (QED) is 0.816. The number of rotatable bonds is 6. The number of carbonyl (C=O) groups excluding carboxylic acids is 1. The number of benzene rings is 1. The highest BCUT2D eigenvalue weighted by atomic mass is 16.5. The Kier molecular flexibility index (Phi) is 4.92. The molecule has 0 saturated heterocycles. The lowest BCUT2D eigenvalue weighted by Crippen LogP contribution is -2.40. The Hall–Kier alpha value is -2.34. The van der Waals surface area contributed by atoms with Crippen LogP contribution in [0.2, 0.25) is 0 Å². The summed E-state index contributed by atoms with van der Waals surface area (Å²) in [4.78, 5) is 13.8. The van der Waals surface area contributed by atoms with Gasteiger partial charge in [-0.15, -0.1) is 5.10 Å². The van der Waals surface area contributed by atoms with Crippen LogP contribution in [-0.2, 0) is 29.2 Å². The summed E-state index contributed by atoms with van der Waals surface area (Å²) < 4.78 is 12.8. The predicted molar refractivity (Wildman–Crippen MR) is 84.9 cm³/mol. The molecule has 2 heterocycles. The first-order valence-corrected chi connectivity index (χ1v) is 7.85.